The third-order valence-electron chi connectivity index (χ3n) is 13.2. The number of imidazole rings is 2. The Bertz CT molecular complexity index is 2540. The smallest absolute Gasteiger partial charge is 0.245 e. The van der Waals surface area contributed by atoms with Crippen molar-refractivity contribution in [3.05, 3.63) is 180 Å². The monoisotopic (exact) mass is 819 g/mol. The van der Waals surface area contributed by atoms with Crippen molar-refractivity contribution >= 4 is 11.8 Å². The molecule has 7 aromatic rings. The van der Waals surface area contributed by atoms with E-state index in [0.29, 0.717) is 6.54 Å². The minimum absolute atomic E-state index is 0.0674. The highest BCUT2D eigenvalue weighted by Crippen LogP contribution is 2.39. The van der Waals surface area contributed by atoms with E-state index in [0.717, 1.165) is 120 Å². The summed E-state index contributed by atoms with van der Waals surface area (Å²) in [7, 11) is 0. The minimum atomic E-state index is -0.367. The first kappa shape index (κ1) is 39.5. The van der Waals surface area contributed by atoms with E-state index in [1.807, 2.05) is 96.2 Å². The van der Waals surface area contributed by atoms with Crippen molar-refractivity contribution in [3.8, 4) is 33.6 Å². The highest BCUT2D eigenvalue weighted by atomic mass is 16.2. The largest absolute Gasteiger partial charge is 0.340 e. The van der Waals surface area contributed by atoms with Crippen LogP contribution in [0.15, 0.2) is 152 Å². The Kier molecular flexibility index (Phi) is 11.4. The molecule has 62 heavy (non-hydrogen) atoms. The summed E-state index contributed by atoms with van der Waals surface area (Å²) in [5, 5.41) is 0. The zero-order chi connectivity index (χ0) is 41.8. The third kappa shape index (κ3) is 8.00. The number of amides is 2. The molecular formula is C53H53N7O2. The number of rotatable bonds is 11. The van der Waals surface area contributed by atoms with Gasteiger partial charge in [0.15, 0.2) is 0 Å². The first-order valence-corrected chi connectivity index (χ1v) is 22.4. The summed E-state index contributed by atoms with van der Waals surface area (Å²) in [6.45, 7) is 3.36. The molecule has 0 spiro atoms. The molecular weight excluding hydrogens is 767 g/mol. The van der Waals surface area contributed by atoms with Gasteiger partial charge in [0.25, 0.3) is 0 Å². The SMILES string of the molecule is O=C(C(c1ccccc1)c1ccccc1)N1CCC[C@H]1c1ncc(-c2ccc(-c3ccc(-c4cnc([C@@H]5CCCN5C(=O)C(c5ccccc5)N5CCCCC5)[nH]4)cc3)cc2)[nH]1. The van der Waals surface area contributed by atoms with Gasteiger partial charge < -0.3 is 19.8 Å². The molecule has 2 N–H and O–H groups in total. The third-order valence-corrected chi connectivity index (χ3v) is 13.2. The summed E-state index contributed by atoms with van der Waals surface area (Å²) >= 11 is 0. The van der Waals surface area contributed by atoms with E-state index >= 15 is 0 Å². The Balaban J connectivity index is 0.810. The molecule has 9 nitrogen and oxygen atoms in total. The second-order valence-electron chi connectivity index (χ2n) is 17.1. The van der Waals surface area contributed by atoms with Gasteiger partial charge in [0.1, 0.15) is 17.7 Å². The summed E-state index contributed by atoms with van der Waals surface area (Å²) in [5.74, 6) is 1.61. The van der Waals surface area contributed by atoms with Crippen molar-refractivity contribution in [2.45, 2.75) is 69.0 Å². The molecule has 3 aliphatic heterocycles. The van der Waals surface area contributed by atoms with Crippen molar-refractivity contribution in [2.75, 3.05) is 26.2 Å². The molecule has 2 aromatic heterocycles. The maximum atomic E-state index is 14.4. The minimum Gasteiger partial charge on any atom is -0.340 e. The van der Waals surface area contributed by atoms with Gasteiger partial charge in [-0.2, -0.15) is 0 Å². The lowest BCUT2D eigenvalue weighted by Gasteiger charge is -2.37. The summed E-state index contributed by atoms with van der Waals surface area (Å²) in [5.41, 5.74) is 9.30. The fourth-order valence-corrected chi connectivity index (χ4v) is 10.0. The van der Waals surface area contributed by atoms with Crippen LogP contribution < -0.4 is 0 Å². The van der Waals surface area contributed by atoms with Crippen LogP contribution in [0.5, 0.6) is 0 Å². The molecule has 5 aromatic carbocycles. The molecule has 2 amide bonds. The lowest BCUT2D eigenvalue weighted by Crippen LogP contribution is -2.44. The fraction of sp³-hybridized carbons (Fsp3) is 0.283. The number of nitrogens with zero attached hydrogens (tertiary/aromatic N) is 5. The zero-order valence-corrected chi connectivity index (χ0v) is 35.1. The van der Waals surface area contributed by atoms with Crippen molar-refractivity contribution < 1.29 is 9.59 Å². The average molecular weight is 820 g/mol. The van der Waals surface area contributed by atoms with Crippen LogP contribution in [0.2, 0.25) is 0 Å². The van der Waals surface area contributed by atoms with E-state index in [2.05, 4.69) is 80.4 Å². The lowest BCUT2D eigenvalue weighted by molar-refractivity contribution is -0.139. The summed E-state index contributed by atoms with van der Waals surface area (Å²) < 4.78 is 0. The van der Waals surface area contributed by atoms with Gasteiger partial charge in [-0.3, -0.25) is 14.5 Å². The maximum Gasteiger partial charge on any atom is 0.245 e. The highest BCUT2D eigenvalue weighted by molar-refractivity contribution is 5.88. The van der Waals surface area contributed by atoms with Gasteiger partial charge in [-0.05, 0) is 90.6 Å². The number of hydrogen-bond acceptors (Lipinski definition) is 5. The highest BCUT2D eigenvalue weighted by Gasteiger charge is 2.39. The molecule has 312 valence electrons. The zero-order valence-electron chi connectivity index (χ0n) is 35.1. The van der Waals surface area contributed by atoms with Gasteiger partial charge in [-0.1, -0.05) is 146 Å². The molecule has 3 atom stereocenters. The number of nitrogens with one attached hydrogen (secondary N) is 2. The Morgan fingerprint density at radius 1 is 0.468 bits per heavy atom. The van der Waals surface area contributed by atoms with Crippen LogP contribution >= 0.6 is 0 Å². The van der Waals surface area contributed by atoms with E-state index < -0.39 is 0 Å². The molecule has 3 fully saturated rings. The van der Waals surface area contributed by atoms with E-state index in [9.17, 15) is 9.59 Å². The standard InChI is InChI=1S/C53H53N7O2/c61-52(48(41-15-5-1-6-16-41)42-17-7-2-8-18-42)59-33-13-21-46(59)50-54-35-44(56-50)39-27-23-37(24-28-39)38-25-29-40(30-26-38)45-36-55-51(57-45)47-22-14-34-60(47)53(62)49(43-19-9-3-10-20-43)58-31-11-4-12-32-58/h1-3,5-10,15-20,23-30,35-36,46-49H,4,11-14,21-22,31-34H2,(H,54,56)(H,55,57)/t46-,47-,49?/m0/s1. The van der Waals surface area contributed by atoms with Crippen LogP contribution in [0.3, 0.4) is 0 Å². The fourth-order valence-electron chi connectivity index (χ4n) is 10.0. The number of aromatic amines is 2. The second kappa shape index (κ2) is 17.8. The van der Waals surface area contributed by atoms with Crippen molar-refractivity contribution in [2.24, 2.45) is 0 Å². The Morgan fingerprint density at radius 2 is 0.887 bits per heavy atom. The Morgan fingerprint density at radius 3 is 1.35 bits per heavy atom. The van der Waals surface area contributed by atoms with E-state index in [-0.39, 0.29) is 35.9 Å². The maximum absolute atomic E-state index is 14.4. The molecule has 9 heteroatoms. The average Bonchev–Trinajstić information content (AvgIpc) is 4.19. The molecule has 0 radical (unpaired) electrons. The lowest BCUT2D eigenvalue weighted by atomic mass is 9.90. The summed E-state index contributed by atoms with van der Waals surface area (Å²) in [6.07, 6.45) is 11.0. The number of likely N-dealkylation sites (tertiary alicyclic amines) is 3. The molecule has 3 aliphatic rings. The van der Waals surface area contributed by atoms with E-state index in [4.69, 9.17) is 9.97 Å². The number of hydrogen-bond donors (Lipinski definition) is 2. The van der Waals surface area contributed by atoms with Gasteiger partial charge in [0.05, 0.1) is 41.8 Å². The van der Waals surface area contributed by atoms with Crippen molar-refractivity contribution in [1.29, 1.82) is 0 Å². The van der Waals surface area contributed by atoms with E-state index in [1.165, 1.54) is 6.42 Å². The molecule has 0 aliphatic carbocycles. The second-order valence-corrected chi connectivity index (χ2v) is 17.1. The summed E-state index contributed by atoms with van der Waals surface area (Å²) in [4.78, 5) is 52.1. The number of carbonyl (C=O) groups is 2. The number of H-pyrrole nitrogens is 2. The summed E-state index contributed by atoms with van der Waals surface area (Å²) in [6, 6.07) is 47.2. The Hall–Kier alpha value is -6.58. The number of piperidine rings is 1. The van der Waals surface area contributed by atoms with Gasteiger partial charge in [-0.25, -0.2) is 9.97 Å². The van der Waals surface area contributed by atoms with Crippen LogP contribution in [0.25, 0.3) is 33.6 Å². The Labute approximate surface area is 363 Å². The number of aromatic nitrogens is 4. The molecule has 3 saturated heterocycles. The van der Waals surface area contributed by atoms with Gasteiger partial charge in [-0.15, -0.1) is 0 Å². The van der Waals surface area contributed by atoms with Crippen LogP contribution in [0.1, 0.15) is 97.3 Å². The van der Waals surface area contributed by atoms with Crippen molar-refractivity contribution in [1.82, 2.24) is 34.6 Å². The van der Waals surface area contributed by atoms with Gasteiger partial charge >= 0.3 is 0 Å². The topological polar surface area (TPSA) is 101 Å². The van der Waals surface area contributed by atoms with E-state index in [1.54, 1.807) is 0 Å². The first-order chi connectivity index (χ1) is 30.6. The quantitative estimate of drug-likeness (QED) is 0.135. The number of carbonyl (C=O) groups excluding carboxylic acids is 2. The first-order valence-electron chi connectivity index (χ1n) is 22.4. The molecule has 5 heterocycles. The molecule has 1 unspecified atom stereocenters. The predicted molar refractivity (Wildman–Crippen MR) is 244 cm³/mol. The van der Waals surface area contributed by atoms with Gasteiger partial charge in [0.2, 0.25) is 11.8 Å². The molecule has 0 bridgehead atoms. The van der Waals surface area contributed by atoms with Crippen LogP contribution in [0.4, 0.5) is 0 Å². The van der Waals surface area contributed by atoms with Gasteiger partial charge in [0, 0.05) is 13.1 Å². The van der Waals surface area contributed by atoms with Crippen molar-refractivity contribution in [3.63, 3.8) is 0 Å². The van der Waals surface area contributed by atoms with Crippen LogP contribution in [0, 0.1) is 0 Å². The number of benzene rings is 5. The predicted octanol–water partition coefficient (Wildman–Crippen LogP) is 10.5. The van der Waals surface area contributed by atoms with Crippen LogP contribution in [-0.4, -0.2) is 72.6 Å². The normalized spacial score (nSPS) is 18.7. The molecule has 10 rings (SSSR count). The van der Waals surface area contributed by atoms with Crippen LogP contribution in [-0.2, 0) is 9.59 Å². The molecule has 0 saturated carbocycles.